The van der Waals surface area contributed by atoms with Gasteiger partial charge in [-0.25, -0.2) is 0 Å². The van der Waals surface area contributed by atoms with Crippen molar-refractivity contribution < 1.29 is 14.9 Å². The molecule has 4 nitrogen and oxygen atoms in total. The predicted octanol–water partition coefficient (Wildman–Crippen LogP) is 2.23. The van der Waals surface area contributed by atoms with E-state index in [4.69, 9.17) is 4.74 Å². The predicted molar refractivity (Wildman–Crippen MR) is 88.2 cm³/mol. The van der Waals surface area contributed by atoms with Gasteiger partial charge in [0.2, 0.25) is 0 Å². The summed E-state index contributed by atoms with van der Waals surface area (Å²) < 4.78 is 5.62. The van der Waals surface area contributed by atoms with Crippen molar-refractivity contribution in [2.45, 2.75) is 50.7 Å². The van der Waals surface area contributed by atoms with E-state index in [1.54, 1.807) is 0 Å². The van der Waals surface area contributed by atoms with Gasteiger partial charge in [0.25, 0.3) is 0 Å². The molecule has 1 fully saturated rings. The molecular formula is C18H29NO3. The maximum absolute atomic E-state index is 10.4. The largest absolute Gasteiger partial charge is 0.491 e. The second-order valence-corrected chi connectivity index (χ2v) is 6.59. The van der Waals surface area contributed by atoms with Crippen LogP contribution in [-0.2, 0) is 6.42 Å². The van der Waals surface area contributed by atoms with Gasteiger partial charge in [0.05, 0.1) is 5.60 Å². The van der Waals surface area contributed by atoms with E-state index in [2.05, 4.69) is 6.92 Å². The molecule has 0 saturated heterocycles. The van der Waals surface area contributed by atoms with E-state index in [0.717, 1.165) is 37.9 Å². The highest BCUT2D eigenvalue weighted by Gasteiger charge is 2.32. The minimum Gasteiger partial charge on any atom is -0.491 e. The third kappa shape index (κ3) is 5.27. The van der Waals surface area contributed by atoms with Crippen molar-refractivity contribution in [3.05, 3.63) is 29.8 Å². The molecule has 0 radical (unpaired) electrons. The van der Waals surface area contributed by atoms with Crippen LogP contribution < -0.4 is 4.74 Å². The Bertz CT molecular complexity index is 440. The summed E-state index contributed by atoms with van der Waals surface area (Å²) in [4.78, 5) is 2.00. The molecule has 1 saturated carbocycles. The van der Waals surface area contributed by atoms with Crippen molar-refractivity contribution in [2.24, 2.45) is 0 Å². The Morgan fingerprint density at radius 3 is 2.45 bits per heavy atom. The zero-order valence-corrected chi connectivity index (χ0v) is 13.8. The second-order valence-electron chi connectivity index (χ2n) is 6.59. The quantitative estimate of drug-likeness (QED) is 0.773. The van der Waals surface area contributed by atoms with Crippen LogP contribution >= 0.6 is 0 Å². The normalized spacial score (nSPS) is 18.6. The molecule has 1 aliphatic carbocycles. The Morgan fingerprint density at radius 1 is 1.23 bits per heavy atom. The van der Waals surface area contributed by atoms with Gasteiger partial charge in [0.1, 0.15) is 18.5 Å². The van der Waals surface area contributed by atoms with Crippen LogP contribution in [0.15, 0.2) is 24.3 Å². The molecule has 1 atom stereocenters. The molecule has 1 unspecified atom stereocenters. The highest BCUT2D eigenvalue weighted by Crippen LogP contribution is 2.29. The van der Waals surface area contributed by atoms with Crippen LogP contribution in [0.5, 0.6) is 5.75 Å². The van der Waals surface area contributed by atoms with Crippen molar-refractivity contribution in [3.63, 3.8) is 0 Å². The number of aryl methyl sites for hydroxylation is 1. The van der Waals surface area contributed by atoms with Crippen molar-refractivity contribution >= 4 is 0 Å². The van der Waals surface area contributed by atoms with Crippen molar-refractivity contribution in [1.82, 2.24) is 4.90 Å². The van der Waals surface area contributed by atoms with E-state index in [9.17, 15) is 10.2 Å². The summed E-state index contributed by atoms with van der Waals surface area (Å²) in [5.41, 5.74) is 0.711. The van der Waals surface area contributed by atoms with Crippen LogP contribution in [0.2, 0.25) is 0 Å². The minimum absolute atomic E-state index is 0.272. The van der Waals surface area contributed by atoms with Gasteiger partial charge in [-0.15, -0.1) is 0 Å². The summed E-state index contributed by atoms with van der Waals surface area (Å²) >= 11 is 0. The lowest BCUT2D eigenvalue weighted by Gasteiger charge is -2.29. The Balaban J connectivity index is 1.71. The Morgan fingerprint density at radius 2 is 1.86 bits per heavy atom. The van der Waals surface area contributed by atoms with E-state index in [1.807, 2.05) is 36.2 Å². The van der Waals surface area contributed by atoms with Crippen LogP contribution in [0.25, 0.3) is 0 Å². The molecule has 1 aromatic rings. The number of benzene rings is 1. The molecule has 124 valence electrons. The molecule has 2 rings (SSSR count). The van der Waals surface area contributed by atoms with E-state index >= 15 is 0 Å². The van der Waals surface area contributed by atoms with E-state index < -0.39 is 11.7 Å². The van der Waals surface area contributed by atoms with Crippen LogP contribution in [0.1, 0.15) is 38.2 Å². The monoisotopic (exact) mass is 307 g/mol. The van der Waals surface area contributed by atoms with Gasteiger partial charge in [-0.3, -0.25) is 0 Å². The first-order chi connectivity index (χ1) is 10.5. The van der Waals surface area contributed by atoms with Crippen molar-refractivity contribution in [3.8, 4) is 5.75 Å². The Labute approximate surface area is 133 Å². The number of rotatable bonds is 8. The maximum atomic E-state index is 10.4. The molecule has 0 bridgehead atoms. The average molecular weight is 307 g/mol. The summed E-state index contributed by atoms with van der Waals surface area (Å²) in [6.07, 6.45) is 4.40. The summed E-state index contributed by atoms with van der Waals surface area (Å²) in [5.74, 6) is 0.785. The maximum Gasteiger partial charge on any atom is 0.119 e. The van der Waals surface area contributed by atoms with Gasteiger partial charge >= 0.3 is 0 Å². The average Bonchev–Trinajstić information content (AvgIpc) is 2.91. The molecule has 4 heteroatoms. The Hall–Kier alpha value is -1.10. The van der Waals surface area contributed by atoms with E-state index in [1.165, 1.54) is 5.56 Å². The zero-order chi connectivity index (χ0) is 16.0. The zero-order valence-electron chi connectivity index (χ0n) is 13.8. The van der Waals surface area contributed by atoms with E-state index in [-0.39, 0.29) is 6.61 Å². The lowest BCUT2D eigenvalue weighted by molar-refractivity contribution is -0.000533. The third-order valence-corrected chi connectivity index (χ3v) is 4.39. The summed E-state index contributed by atoms with van der Waals surface area (Å²) in [5, 5.41) is 20.5. The Kier molecular flexibility index (Phi) is 6.24. The van der Waals surface area contributed by atoms with Gasteiger partial charge in [-0.1, -0.05) is 31.9 Å². The smallest absolute Gasteiger partial charge is 0.119 e. The standard InChI is InChI=1S/C18H29NO3/c1-3-15-6-8-17(9-7-15)22-13-16(20)12-19(2)14-18(21)10-4-5-11-18/h6-9,16,20-21H,3-5,10-14H2,1-2H3. The third-order valence-electron chi connectivity index (χ3n) is 4.39. The van der Waals surface area contributed by atoms with Gasteiger partial charge in [-0.05, 0) is 44.0 Å². The molecule has 2 N–H and O–H groups in total. The molecule has 1 aromatic carbocycles. The van der Waals surface area contributed by atoms with Crippen molar-refractivity contribution in [2.75, 3.05) is 26.7 Å². The summed E-state index contributed by atoms with van der Waals surface area (Å²) in [6, 6.07) is 7.97. The molecule has 0 heterocycles. The molecule has 0 amide bonds. The highest BCUT2D eigenvalue weighted by atomic mass is 16.5. The van der Waals surface area contributed by atoms with Crippen LogP contribution in [0.3, 0.4) is 0 Å². The SMILES string of the molecule is CCc1ccc(OCC(O)CN(C)CC2(O)CCCC2)cc1. The molecule has 0 aliphatic heterocycles. The fourth-order valence-electron chi connectivity index (χ4n) is 3.18. The first-order valence-corrected chi connectivity index (χ1v) is 8.31. The van der Waals surface area contributed by atoms with E-state index in [0.29, 0.717) is 13.1 Å². The lowest BCUT2D eigenvalue weighted by atomic mass is 10.0. The number of aliphatic hydroxyl groups is 2. The summed E-state index contributed by atoms with van der Waals surface area (Å²) in [7, 11) is 1.94. The number of hydrogen-bond acceptors (Lipinski definition) is 4. The fraction of sp³-hybridized carbons (Fsp3) is 0.667. The number of ether oxygens (including phenoxy) is 1. The van der Waals surface area contributed by atoms with Gasteiger partial charge in [0, 0.05) is 13.1 Å². The van der Waals surface area contributed by atoms with Crippen LogP contribution in [0, 0.1) is 0 Å². The lowest BCUT2D eigenvalue weighted by Crippen LogP contribution is -2.43. The van der Waals surface area contributed by atoms with Gasteiger partial charge < -0.3 is 19.8 Å². The van der Waals surface area contributed by atoms with Crippen LogP contribution in [0.4, 0.5) is 0 Å². The minimum atomic E-state index is -0.564. The number of aliphatic hydroxyl groups excluding tert-OH is 1. The summed E-state index contributed by atoms with van der Waals surface area (Å²) in [6.45, 7) is 3.52. The topological polar surface area (TPSA) is 52.9 Å². The fourth-order valence-corrected chi connectivity index (χ4v) is 3.18. The molecule has 0 spiro atoms. The van der Waals surface area contributed by atoms with Crippen molar-refractivity contribution in [1.29, 1.82) is 0 Å². The number of hydrogen-bond donors (Lipinski definition) is 2. The first-order valence-electron chi connectivity index (χ1n) is 8.31. The molecule has 1 aliphatic rings. The molecule has 22 heavy (non-hydrogen) atoms. The second kappa shape index (κ2) is 7.95. The first kappa shape index (κ1) is 17.3. The number of likely N-dealkylation sites (N-methyl/N-ethyl adjacent to an activating group) is 1. The van der Waals surface area contributed by atoms with Gasteiger partial charge in [-0.2, -0.15) is 0 Å². The highest BCUT2D eigenvalue weighted by molar-refractivity contribution is 5.27. The number of nitrogens with zero attached hydrogens (tertiary/aromatic N) is 1. The van der Waals surface area contributed by atoms with Crippen LogP contribution in [-0.4, -0.2) is 53.6 Å². The molecular weight excluding hydrogens is 278 g/mol. The molecule has 0 aromatic heterocycles. The van der Waals surface area contributed by atoms with Gasteiger partial charge in [0.15, 0.2) is 0 Å².